The topological polar surface area (TPSA) is 44.7 Å². The van der Waals surface area contributed by atoms with Gasteiger partial charge in [-0.05, 0) is 61.4 Å². The van der Waals surface area contributed by atoms with Gasteiger partial charge in [0, 0.05) is 35.5 Å². The lowest BCUT2D eigenvalue weighted by Crippen LogP contribution is -2.39. The van der Waals surface area contributed by atoms with Gasteiger partial charge in [-0.15, -0.1) is 0 Å². The number of rotatable bonds is 6. The van der Waals surface area contributed by atoms with Gasteiger partial charge >= 0.3 is 0 Å². The molecule has 1 fully saturated rings. The fraction of sp³-hybridized carbons (Fsp3) is 0.368. The van der Waals surface area contributed by atoms with Crippen LogP contribution in [0, 0.1) is 0 Å². The molecule has 0 spiro atoms. The zero-order valence-electron chi connectivity index (χ0n) is 13.6. The standard InChI is InChI=1S/C19H23ClN2O2/c20-15-1-5-18(6-2-15)22-11-9-17(10-12-22)21-16-3-7-19(8-4-16)24-14-13-23/h1-8,17,21,23H,9-14H2. The van der Waals surface area contributed by atoms with Gasteiger partial charge in [-0.3, -0.25) is 0 Å². The number of halogens is 1. The summed E-state index contributed by atoms with van der Waals surface area (Å²) in [7, 11) is 0. The first-order chi connectivity index (χ1) is 11.7. The number of benzene rings is 2. The normalized spacial score (nSPS) is 15.3. The van der Waals surface area contributed by atoms with Crippen molar-refractivity contribution in [2.24, 2.45) is 0 Å². The summed E-state index contributed by atoms with van der Waals surface area (Å²) in [6, 6.07) is 16.5. The maximum absolute atomic E-state index is 8.77. The lowest BCUT2D eigenvalue weighted by molar-refractivity contribution is 0.201. The highest BCUT2D eigenvalue weighted by Gasteiger charge is 2.19. The number of hydrogen-bond donors (Lipinski definition) is 2. The van der Waals surface area contributed by atoms with E-state index in [0.717, 1.165) is 42.4 Å². The monoisotopic (exact) mass is 346 g/mol. The molecule has 0 amide bonds. The quantitative estimate of drug-likeness (QED) is 0.835. The molecular formula is C19H23ClN2O2. The summed E-state index contributed by atoms with van der Waals surface area (Å²) in [5, 5.41) is 13.1. The molecule has 2 N–H and O–H groups in total. The van der Waals surface area contributed by atoms with Crippen LogP contribution < -0.4 is 15.0 Å². The van der Waals surface area contributed by atoms with Crippen molar-refractivity contribution in [3.63, 3.8) is 0 Å². The van der Waals surface area contributed by atoms with Crippen molar-refractivity contribution < 1.29 is 9.84 Å². The fourth-order valence-corrected chi connectivity index (χ4v) is 3.11. The van der Waals surface area contributed by atoms with E-state index in [9.17, 15) is 0 Å². The van der Waals surface area contributed by atoms with Crippen molar-refractivity contribution in [3.05, 3.63) is 53.6 Å². The van der Waals surface area contributed by atoms with E-state index < -0.39 is 0 Å². The van der Waals surface area contributed by atoms with Crippen LogP contribution in [0.4, 0.5) is 11.4 Å². The highest BCUT2D eigenvalue weighted by molar-refractivity contribution is 6.30. The molecule has 0 aliphatic carbocycles. The second-order valence-electron chi connectivity index (χ2n) is 5.98. The Balaban J connectivity index is 1.49. The lowest BCUT2D eigenvalue weighted by atomic mass is 10.0. The number of piperidine rings is 1. The first kappa shape index (κ1) is 16.9. The summed E-state index contributed by atoms with van der Waals surface area (Å²) >= 11 is 5.95. The largest absolute Gasteiger partial charge is 0.491 e. The van der Waals surface area contributed by atoms with Gasteiger partial charge in [0.1, 0.15) is 12.4 Å². The summed E-state index contributed by atoms with van der Waals surface area (Å²) < 4.78 is 5.38. The predicted molar refractivity (Wildman–Crippen MR) is 99.3 cm³/mol. The van der Waals surface area contributed by atoms with Gasteiger partial charge in [0.05, 0.1) is 6.61 Å². The SMILES string of the molecule is OCCOc1ccc(NC2CCN(c3ccc(Cl)cc3)CC2)cc1. The molecule has 3 rings (SSSR count). The molecule has 0 radical (unpaired) electrons. The molecule has 0 saturated carbocycles. The predicted octanol–water partition coefficient (Wildman–Crippen LogP) is 3.79. The van der Waals surface area contributed by atoms with E-state index in [-0.39, 0.29) is 6.61 Å². The van der Waals surface area contributed by atoms with Crippen LogP contribution in [0.5, 0.6) is 5.75 Å². The van der Waals surface area contributed by atoms with Gasteiger partial charge in [0.2, 0.25) is 0 Å². The van der Waals surface area contributed by atoms with Gasteiger partial charge in [0.25, 0.3) is 0 Å². The minimum Gasteiger partial charge on any atom is -0.491 e. The highest BCUT2D eigenvalue weighted by Crippen LogP contribution is 2.24. The molecule has 2 aromatic carbocycles. The van der Waals surface area contributed by atoms with E-state index >= 15 is 0 Å². The van der Waals surface area contributed by atoms with Gasteiger partial charge in [-0.2, -0.15) is 0 Å². The minimum absolute atomic E-state index is 0.0339. The Bertz CT molecular complexity index is 623. The molecule has 5 heteroatoms. The third-order valence-corrected chi connectivity index (χ3v) is 4.52. The van der Waals surface area contributed by atoms with E-state index in [4.69, 9.17) is 21.4 Å². The van der Waals surface area contributed by atoms with E-state index in [2.05, 4.69) is 22.3 Å². The van der Waals surface area contributed by atoms with Crippen molar-refractivity contribution in [2.75, 3.05) is 36.5 Å². The molecule has 1 heterocycles. The Labute approximate surface area is 148 Å². The molecule has 0 atom stereocenters. The molecular weight excluding hydrogens is 324 g/mol. The number of nitrogens with zero attached hydrogens (tertiary/aromatic N) is 1. The van der Waals surface area contributed by atoms with Crippen LogP contribution >= 0.6 is 11.6 Å². The molecule has 1 saturated heterocycles. The van der Waals surface area contributed by atoms with Crippen molar-refractivity contribution in [1.29, 1.82) is 0 Å². The number of aliphatic hydroxyl groups excluding tert-OH is 1. The molecule has 2 aromatic rings. The van der Waals surface area contributed by atoms with Crippen LogP contribution in [0.2, 0.25) is 5.02 Å². The Kier molecular flexibility index (Phi) is 5.83. The maximum Gasteiger partial charge on any atom is 0.119 e. The number of anilines is 2. The summed E-state index contributed by atoms with van der Waals surface area (Å²) in [4.78, 5) is 2.40. The Morgan fingerprint density at radius 2 is 1.71 bits per heavy atom. The number of nitrogens with one attached hydrogen (secondary N) is 1. The van der Waals surface area contributed by atoms with E-state index in [1.165, 1.54) is 5.69 Å². The summed E-state index contributed by atoms with van der Waals surface area (Å²) in [6.07, 6.45) is 2.21. The van der Waals surface area contributed by atoms with Crippen LogP contribution in [0.3, 0.4) is 0 Å². The fourth-order valence-electron chi connectivity index (χ4n) is 2.98. The smallest absolute Gasteiger partial charge is 0.119 e. The average molecular weight is 347 g/mol. The molecule has 1 aliphatic heterocycles. The summed E-state index contributed by atoms with van der Waals surface area (Å²) in [5.41, 5.74) is 2.35. The zero-order chi connectivity index (χ0) is 16.8. The van der Waals surface area contributed by atoms with E-state index in [1.54, 1.807) is 0 Å². The number of ether oxygens (including phenoxy) is 1. The summed E-state index contributed by atoms with van der Waals surface area (Å²) in [6.45, 7) is 2.44. The molecule has 0 unspecified atom stereocenters. The lowest BCUT2D eigenvalue weighted by Gasteiger charge is -2.34. The van der Waals surface area contributed by atoms with E-state index in [0.29, 0.717) is 12.6 Å². The van der Waals surface area contributed by atoms with Crippen molar-refractivity contribution in [1.82, 2.24) is 0 Å². The maximum atomic E-state index is 8.77. The van der Waals surface area contributed by atoms with Gasteiger partial charge in [-0.25, -0.2) is 0 Å². The Morgan fingerprint density at radius 1 is 1.04 bits per heavy atom. The van der Waals surface area contributed by atoms with Gasteiger partial charge in [0.15, 0.2) is 0 Å². The molecule has 0 bridgehead atoms. The van der Waals surface area contributed by atoms with Crippen LogP contribution in [-0.2, 0) is 0 Å². The Hall–Kier alpha value is -1.91. The Morgan fingerprint density at radius 3 is 2.33 bits per heavy atom. The zero-order valence-corrected chi connectivity index (χ0v) is 14.4. The van der Waals surface area contributed by atoms with Gasteiger partial charge < -0.3 is 20.1 Å². The molecule has 4 nitrogen and oxygen atoms in total. The van der Waals surface area contributed by atoms with Crippen molar-refractivity contribution in [2.45, 2.75) is 18.9 Å². The van der Waals surface area contributed by atoms with Crippen LogP contribution in [0.15, 0.2) is 48.5 Å². The molecule has 24 heavy (non-hydrogen) atoms. The van der Waals surface area contributed by atoms with Crippen molar-refractivity contribution in [3.8, 4) is 5.75 Å². The molecule has 128 valence electrons. The summed E-state index contributed by atoms with van der Waals surface area (Å²) in [5.74, 6) is 0.784. The minimum atomic E-state index is 0.0339. The first-order valence-corrected chi connectivity index (χ1v) is 8.73. The van der Waals surface area contributed by atoms with Crippen LogP contribution in [-0.4, -0.2) is 37.5 Å². The third-order valence-electron chi connectivity index (χ3n) is 4.27. The second-order valence-corrected chi connectivity index (χ2v) is 6.41. The van der Waals surface area contributed by atoms with E-state index in [1.807, 2.05) is 36.4 Å². The number of aliphatic hydroxyl groups is 1. The second kappa shape index (κ2) is 8.27. The average Bonchev–Trinajstić information content (AvgIpc) is 2.63. The van der Waals surface area contributed by atoms with Crippen LogP contribution in [0.1, 0.15) is 12.8 Å². The van der Waals surface area contributed by atoms with Gasteiger partial charge in [-0.1, -0.05) is 11.6 Å². The third kappa shape index (κ3) is 4.56. The van der Waals surface area contributed by atoms with Crippen LogP contribution in [0.25, 0.3) is 0 Å². The molecule has 0 aromatic heterocycles. The number of hydrogen-bond acceptors (Lipinski definition) is 4. The first-order valence-electron chi connectivity index (χ1n) is 8.35. The molecule has 1 aliphatic rings. The van der Waals surface area contributed by atoms with Crippen molar-refractivity contribution >= 4 is 23.0 Å². The highest BCUT2D eigenvalue weighted by atomic mass is 35.5.